The highest BCUT2D eigenvalue weighted by atomic mass is 32.2. The Kier molecular flexibility index (Phi) is 10.1. The fourth-order valence-electron chi connectivity index (χ4n) is 3.60. The highest BCUT2D eigenvalue weighted by molar-refractivity contribution is 7.93. The summed E-state index contributed by atoms with van der Waals surface area (Å²) in [6, 6.07) is 19.5. The molecular formula is C29H33NO6S. The van der Waals surface area contributed by atoms with E-state index >= 15 is 0 Å². The molecule has 0 heterocycles. The van der Waals surface area contributed by atoms with Crippen LogP contribution >= 0.6 is 0 Å². The molecule has 0 saturated heterocycles. The minimum Gasteiger partial charge on any atom is -0.494 e. The summed E-state index contributed by atoms with van der Waals surface area (Å²) in [6.45, 7) is 5.05. The molecule has 0 N–H and O–H groups in total. The standard InChI is InChI=1S/C29H33NO6S/c1-4-6-10-21-36-27-19-13-23(22-28(27)34-3)14-20-29(31)30(24-15-17-25(18-16-24)35-5-2)37(32,33)26-11-8-7-9-12-26/h7-9,11-20,22H,4-6,10,21H2,1-3H3/b20-14+. The fourth-order valence-corrected chi connectivity index (χ4v) is 5.01. The van der Waals surface area contributed by atoms with Gasteiger partial charge >= 0.3 is 0 Å². The molecule has 196 valence electrons. The Morgan fingerprint density at radius 1 is 0.892 bits per heavy atom. The number of methoxy groups -OCH3 is 1. The van der Waals surface area contributed by atoms with Crippen molar-refractivity contribution in [2.24, 2.45) is 0 Å². The summed E-state index contributed by atoms with van der Waals surface area (Å²) >= 11 is 0. The second-order valence-electron chi connectivity index (χ2n) is 8.15. The number of unbranched alkanes of at least 4 members (excludes halogenated alkanes) is 2. The molecule has 0 aliphatic heterocycles. The molecule has 0 aromatic heterocycles. The molecule has 0 aliphatic carbocycles. The maximum absolute atomic E-state index is 13.5. The van der Waals surface area contributed by atoms with Crippen molar-refractivity contribution < 1.29 is 27.4 Å². The van der Waals surface area contributed by atoms with Crippen molar-refractivity contribution in [1.29, 1.82) is 0 Å². The SMILES string of the molecule is CCCCCOc1ccc(/C=C/C(=O)N(c2ccc(OCC)cc2)S(=O)(=O)c2ccccc2)cc1OC. The van der Waals surface area contributed by atoms with Crippen LogP contribution in [0.15, 0.2) is 83.8 Å². The largest absolute Gasteiger partial charge is 0.494 e. The summed E-state index contributed by atoms with van der Waals surface area (Å²) in [5.74, 6) is 1.01. The Hall–Kier alpha value is -3.78. The normalized spacial score (nSPS) is 11.3. The van der Waals surface area contributed by atoms with Gasteiger partial charge in [0, 0.05) is 6.08 Å². The summed E-state index contributed by atoms with van der Waals surface area (Å²) in [7, 11) is -2.62. The maximum atomic E-state index is 13.5. The van der Waals surface area contributed by atoms with Crippen LogP contribution in [0.3, 0.4) is 0 Å². The van der Waals surface area contributed by atoms with Gasteiger partial charge in [-0.25, -0.2) is 8.42 Å². The molecule has 7 nitrogen and oxygen atoms in total. The van der Waals surface area contributed by atoms with Gasteiger partial charge in [-0.15, -0.1) is 0 Å². The highest BCUT2D eigenvalue weighted by Gasteiger charge is 2.29. The molecule has 0 bridgehead atoms. The Morgan fingerprint density at radius 3 is 2.27 bits per heavy atom. The molecule has 0 fully saturated rings. The Bertz CT molecular complexity index is 1290. The predicted octanol–water partition coefficient (Wildman–Crippen LogP) is 6.10. The van der Waals surface area contributed by atoms with Crippen LogP contribution in [0.1, 0.15) is 38.7 Å². The van der Waals surface area contributed by atoms with Crippen LogP contribution in [0.5, 0.6) is 17.2 Å². The molecule has 3 aromatic carbocycles. The number of hydrogen-bond acceptors (Lipinski definition) is 6. The minimum atomic E-state index is -4.17. The number of anilines is 1. The van der Waals surface area contributed by atoms with E-state index in [2.05, 4.69) is 6.92 Å². The third-order valence-electron chi connectivity index (χ3n) is 5.48. The smallest absolute Gasteiger partial charge is 0.271 e. The first-order valence-electron chi connectivity index (χ1n) is 12.3. The van der Waals surface area contributed by atoms with Gasteiger partial charge in [-0.1, -0.05) is 44.0 Å². The molecule has 8 heteroatoms. The average Bonchev–Trinajstić information content (AvgIpc) is 2.92. The highest BCUT2D eigenvalue weighted by Crippen LogP contribution is 2.30. The van der Waals surface area contributed by atoms with Crippen LogP contribution < -0.4 is 18.5 Å². The van der Waals surface area contributed by atoms with Gasteiger partial charge in [0.15, 0.2) is 11.5 Å². The summed E-state index contributed by atoms with van der Waals surface area (Å²) in [6.07, 6.45) is 5.92. The van der Waals surface area contributed by atoms with E-state index in [0.717, 1.165) is 23.6 Å². The molecule has 0 aliphatic rings. The minimum absolute atomic E-state index is 0.0110. The van der Waals surface area contributed by atoms with Gasteiger partial charge in [0.05, 0.1) is 30.9 Å². The fraction of sp³-hybridized carbons (Fsp3) is 0.276. The number of carbonyl (C=O) groups is 1. The molecule has 1 amide bonds. The number of nitrogens with zero attached hydrogens (tertiary/aromatic N) is 1. The Morgan fingerprint density at radius 2 is 1.62 bits per heavy atom. The van der Waals surface area contributed by atoms with Crippen LogP contribution in [0.25, 0.3) is 6.08 Å². The van der Waals surface area contributed by atoms with E-state index in [9.17, 15) is 13.2 Å². The maximum Gasteiger partial charge on any atom is 0.271 e. The number of rotatable bonds is 13. The van der Waals surface area contributed by atoms with E-state index in [1.807, 2.05) is 6.92 Å². The summed E-state index contributed by atoms with van der Waals surface area (Å²) in [5, 5.41) is 0. The average molecular weight is 524 g/mol. The van der Waals surface area contributed by atoms with Crippen molar-refractivity contribution in [3.8, 4) is 17.2 Å². The van der Waals surface area contributed by atoms with Gasteiger partial charge in [-0.05, 0) is 73.5 Å². The zero-order chi connectivity index (χ0) is 26.7. The van der Waals surface area contributed by atoms with Gasteiger partial charge in [0.2, 0.25) is 0 Å². The van der Waals surface area contributed by atoms with Crippen LogP contribution in [0.4, 0.5) is 5.69 Å². The van der Waals surface area contributed by atoms with Gasteiger partial charge in [0.25, 0.3) is 15.9 Å². The second kappa shape index (κ2) is 13.5. The summed E-state index contributed by atoms with van der Waals surface area (Å²) in [5.41, 5.74) is 0.866. The van der Waals surface area contributed by atoms with Gasteiger partial charge in [-0.2, -0.15) is 4.31 Å². The number of ether oxygens (including phenoxy) is 3. The van der Waals surface area contributed by atoms with Crippen molar-refractivity contribution >= 4 is 27.7 Å². The van der Waals surface area contributed by atoms with Gasteiger partial charge < -0.3 is 14.2 Å². The predicted molar refractivity (Wildman–Crippen MR) is 146 cm³/mol. The van der Waals surface area contributed by atoms with Crippen LogP contribution in [-0.2, 0) is 14.8 Å². The van der Waals surface area contributed by atoms with Crippen molar-refractivity contribution in [2.75, 3.05) is 24.6 Å². The van der Waals surface area contributed by atoms with E-state index in [1.54, 1.807) is 73.8 Å². The molecular weight excluding hydrogens is 490 g/mol. The lowest BCUT2D eigenvalue weighted by Gasteiger charge is -2.21. The second-order valence-corrected chi connectivity index (χ2v) is 9.93. The van der Waals surface area contributed by atoms with Crippen molar-refractivity contribution in [2.45, 2.75) is 38.0 Å². The first-order chi connectivity index (χ1) is 17.9. The Balaban J connectivity index is 1.89. The van der Waals surface area contributed by atoms with Crippen molar-refractivity contribution in [1.82, 2.24) is 0 Å². The van der Waals surface area contributed by atoms with E-state index < -0.39 is 15.9 Å². The molecule has 37 heavy (non-hydrogen) atoms. The molecule has 0 unspecified atom stereocenters. The van der Waals surface area contributed by atoms with E-state index in [1.165, 1.54) is 18.2 Å². The third-order valence-corrected chi connectivity index (χ3v) is 7.21. The van der Waals surface area contributed by atoms with Crippen LogP contribution in [0.2, 0.25) is 0 Å². The van der Waals surface area contributed by atoms with Crippen LogP contribution in [0, 0.1) is 0 Å². The Labute approximate surface area is 219 Å². The lowest BCUT2D eigenvalue weighted by molar-refractivity contribution is -0.113. The third kappa shape index (κ3) is 7.36. The van der Waals surface area contributed by atoms with Crippen molar-refractivity contribution in [3.63, 3.8) is 0 Å². The molecule has 0 radical (unpaired) electrons. The van der Waals surface area contributed by atoms with Gasteiger partial charge in [-0.3, -0.25) is 4.79 Å². The first-order valence-corrected chi connectivity index (χ1v) is 13.7. The summed E-state index contributed by atoms with van der Waals surface area (Å²) < 4.78 is 44.5. The molecule has 3 rings (SSSR count). The van der Waals surface area contributed by atoms with Gasteiger partial charge in [0.1, 0.15) is 5.75 Å². The number of amides is 1. The zero-order valence-electron chi connectivity index (χ0n) is 21.4. The molecule has 0 saturated carbocycles. The topological polar surface area (TPSA) is 82.1 Å². The number of hydrogen-bond donors (Lipinski definition) is 0. The van der Waals surface area contributed by atoms with Crippen molar-refractivity contribution in [3.05, 3.63) is 84.4 Å². The number of carbonyl (C=O) groups excluding carboxylic acids is 1. The lowest BCUT2D eigenvalue weighted by Crippen LogP contribution is -2.35. The first kappa shape index (κ1) is 27.8. The number of benzene rings is 3. The lowest BCUT2D eigenvalue weighted by atomic mass is 10.2. The molecule has 0 spiro atoms. The quantitative estimate of drug-likeness (QED) is 0.199. The summed E-state index contributed by atoms with van der Waals surface area (Å²) in [4.78, 5) is 13.4. The number of sulfonamides is 1. The molecule has 0 atom stereocenters. The monoisotopic (exact) mass is 523 g/mol. The zero-order valence-corrected chi connectivity index (χ0v) is 22.2. The van der Waals surface area contributed by atoms with Crippen LogP contribution in [-0.4, -0.2) is 34.6 Å². The van der Waals surface area contributed by atoms with E-state index in [-0.39, 0.29) is 10.6 Å². The van der Waals surface area contributed by atoms with E-state index in [0.29, 0.717) is 36.0 Å². The molecule has 3 aromatic rings. The van der Waals surface area contributed by atoms with E-state index in [4.69, 9.17) is 14.2 Å².